The number of hydrogen-bond acceptors (Lipinski definition) is 3. The molecule has 1 unspecified atom stereocenters. The van der Waals surface area contributed by atoms with E-state index in [4.69, 9.17) is 4.74 Å². The summed E-state index contributed by atoms with van der Waals surface area (Å²) in [5.41, 5.74) is 0.270. The topological polar surface area (TPSA) is 35.5 Å². The predicted octanol–water partition coefficient (Wildman–Crippen LogP) is 4.34. The third-order valence-electron chi connectivity index (χ3n) is 2.50. The number of ether oxygens (including phenoxy) is 2. The van der Waals surface area contributed by atoms with Crippen molar-refractivity contribution in [3.05, 3.63) is 23.8 Å². The van der Waals surface area contributed by atoms with Gasteiger partial charge in [-0.25, -0.2) is 0 Å². The molecule has 7 heteroatoms. The van der Waals surface area contributed by atoms with E-state index >= 15 is 0 Å². The van der Waals surface area contributed by atoms with E-state index in [9.17, 15) is 18.0 Å². The third kappa shape index (κ3) is 4.70. The Morgan fingerprint density at radius 2 is 2.00 bits per heavy atom. The van der Waals surface area contributed by atoms with Gasteiger partial charge in [-0.2, -0.15) is 0 Å². The molecular weight excluding hydrogens is 341 g/mol. The van der Waals surface area contributed by atoms with Crippen LogP contribution in [0, 0.1) is 0 Å². The molecule has 0 amide bonds. The number of halogens is 4. The van der Waals surface area contributed by atoms with E-state index < -0.39 is 12.1 Å². The summed E-state index contributed by atoms with van der Waals surface area (Å²) in [6.07, 6.45) is -3.35. The molecule has 0 saturated carbocycles. The van der Waals surface area contributed by atoms with Gasteiger partial charge < -0.3 is 9.47 Å². The maximum absolute atomic E-state index is 12.2. The van der Waals surface area contributed by atoms with Crippen LogP contribution < -0.4 is 9.47 Å². The van der Waals surface area contributed by atoms with Gasteiger partial charge in [0.2, 0.25) is 0 Å². The van der Waals surface area contributed by atoms with Gasteiger partial charge >= 0.3 is 6.36 Å². The van der Waals surface area contributed by atoms with E-state index in [1.165, 1.54) is 19.2 Å². The Kier molecular flexibility index (Phi) is 5.86. The van der Waals surface area contributed by atoms with Crippen molar-refractivity contribution in [3.8, 4) is 11.5 Å². The Morgan fingerprint density at radius 3 is 2.50 bits per heavy atom. The summed E-state index contributed by atoms with van der Waals surface area (Å²) >= 11 is 3.25. The number of Topliss-reactive ketones (excluding diaryl/α,β-unsaturated/α-hetero) is 1. The van der Waals surface area contributed by atoms with Crippen molar-refractivity contribution in [1.82, 2.24) is 0 Å². The van der Waals surface area contributed by atoms with Crippen LogP contribution in [0.4, 0.5) is 13.2 Å². The number of carbonyl (C=O) groups excluding carboxylic acids is 1. The molecule has 0 aromatic heterocycles. The molecular formula is C13H14BrF3O3. The molecule has 1 aromatic carbocycles. The molecule has 1 rings (SSSR count). The number of hydrogen-bond donors (Lipinski definition) is 0. The zero-order valence-electron chi connectivity index (χ0n) is 11.0. The first-order chi connectivity index (χ1) is 9.28. The zero-order chi connectivity index (χ0) is 15.3. The molecule has 0 aliphatic heterocycles. The lowest BCUT2D eigenvalue weighted by molar-refractivity contribution is -0.275. The van der Waals surface area contributed by atoms with Crippen LogP contribution in [-0.2, 0) is 0 Å². The Labute approximate surface area is 123 Å². The normalized spacial score (nSPS) is 12.9. The van der Waals surface area contributed by atoms with Crippen LogP contribution in [0.2, 0.25) is 0 Å². The van der Waals surface area contributed by atoms with Crippen molar-refractivity contribution in [2.24, 2.45) is 0 Å². The number of carbonyl (C=O) groups is 1. The van der Waals surface area contributed by atoms with Crippen molar-refractivity contribution in [3.63, 3.8) is 0 Å². The molecule has 0 aliphatic rings. The molecule has 112 valence electrons. The number of alkyl halides is 4. The number of benzene rings is 1. The first-order valence-electron chi connectivity index (χ1n) is 5.90. The Balaban J connectivity index is 3.00. The van der Waals surface area contributed by atoms with Crippen molar-refractivity contribution in [2.45, 2.75) is 31.0 Å². The summed E-state index contributed by atoms with van der Waals surface area (Å²) in [5.74, 6) is -0.814. The lowest BCUT2D eigenvalue weighted by Gasteiger charge is -2.14. The molecule has 3 nitrogen and oxygen atoms in total. The highest BCUT2D eigenvalue weighted by Crippen LogP contribution is 2.33. The second kappa shape index (κ2) is 6.97. The fourth-order valence-electron chi connectivity index (χ4n) is 1.60. The molecule has 0 heterocycles. The molecule has 0 bridgehead atoms. The first-order valence-corrected chi connectivity index (χ1v) is 6.82. The van der Waals surface area contributed by atoms with Gasteiger partial charge in [-0.15, -0.1) is 13.2 Å². The van der Waals surface area contributed by atoms with Crippen LogP contribution in [0.15, 0.2) is 18.2 Å². The standard InChI is InChI=1S/C13H14BrF3O3/c1-3-4-9(14)12(18)8-5-6-10(11(7-8)19-2)20-13(15,16)17/h5-7,9H,3-4H2,1-2H3. The average Bonchev–Trinajstić information content (AvgIpc) is 2.37. The summed E-state index contributed by atoms with van der Waals surface area (Å²) < 4.78 is 45.2. The van der Waals surface area contributed by atoms with Gasteiger partial charge in [0.05, 0.1) is 11.9 Å². The summed E-state index contributed by atoms with van der Waals surface area (Å²) in [5, 5.41) is 0. The number of ketones is 1. The Morgan fingerprint density at radius 1 is 1.35 bits per heavy atom. The minimum absolute atomic E-state index is 0.135. The second-order valence-corrected chi connectivity index (χ2v) is 5.14. The molecule has 1 atom stereocenters. The monoisotopic (exact) mass is 354 g/mol. The van der Waals surface area contributed by atoms with Gasteiger partial charge in [0.25, 0.3) is 0 Å². The van der Waals surface area contributed by atoms with Crippen LogP contribution in [0.1, 0.15) is 30.1 Å². The summed E-state index contributed by atoms with van der Waals surface area (Å²) in [6.45, 7) is 1.93. The smallest absolute Gasteiger partial charge is 0.493 e. The van der Waals surface area contributed by atoms with Crippen LogP contribution in [0.5, 0.6) is 11.5 Å². The van der Waals surface area contributed by atoms with Gasteiger partial charge in [-0.1, -0.05) is 29.3 Å². The summed E-state index contributed by atoms with van der Waals surface area (Å²) in [7, 11) is 1.21. The van der Waals surface area contributed by atoms with E-state index in [2.05, 4.69) is 20.7 Å². The quantitative estimate of drug-likeness (QED) is 0.563. The number of rotatable bonds is 6. The van der Waals surface area contributed by atoms with E-state index in [1.807, 2.05) is 6.92 Å². The van der Waals surface area contributed by atoms with Crippen molar-refractivity contribution in [1.29, 1.82) is 0 Å². The highest BCUT2D eigenvalue weighted by atomic mass is 79.9. The SMILES string of the molecule is CCCC(Br)C(=O)c1ccc(OC(F)(F)F)c(OC)c1. The first kappa shape index (κ1) is 16.8. The van der Waals surface area contributed by atoms with Crippen LogP contribution in [-0.4, -0.2) is 24.1 Å². The molecule has 0 fully saturated rings. The van der Waals surface area contributed by atoms with E-state index in [-0.39, 0.29) is 21.9 Å². The average molecular weight is 355 g/mol. The second-order valence-electron chi connectivity index (χ2n) is 4.03. The highest BCUT2D eigenvalue weighted by Gasteiger charge is 2.32. The predicted molar refractivity (Wildman–Crippen MR) is 71.6 cm³/mol. The number of methoxy groups -OCH3 is 1. The summed E-state index contributed by atoms with van der Waals surface area (Å²) in [6, 6.07) is 3.61. The van der Waals surface area contributed by atoms with Crippen molar-refractivity contribution >= 4 is 21.7 Å². The minimum atomic E-state index is -4.81. The van der Waals surface area contributed by atoms with Gasteiger partial charge in [0.1, 0.15) is 0 Å². The molecule has 0 saturated heterocycles. The van der Waals surface area contributed by atoms with Gasteiger partial charge in [0.15, 0.2) is 17.3 Å². The van der Waals surface area contributed by atoms with Gasteiger partial charge in [-0.3, -0.25) is 4.79 Å². The van der Waals surface area contributed by atoms with Crippen LogP contribution in [0.25, 0.3) is 0 Å². The van der Waals surface area contributed by atoms with Gasteiger partial charge in [0, 0.05) is 5.56 Å². The van der Waals surface area contributed by atoms with Gasteiger partial charge in [-0.05, 0) is 24.6 Å². The van der Waals surface area contributed by atoms with E-state index in [0.29, 0.717) is 6.42 Å². The van der Waals surface area contributed by atoms with E-state index in [0.717, 1.165) is 12.5 Å². The minimum Gasteiger partial charge on any atom is -0.493 e. The molecule has 20 heavy (non-hydrogen) atoms. The Bertz CT molecular complexity index is 474. The Hall–Kier alpha value is -1.24. The zero-order valence-corrected chi connectivity index (χ0v) is 12.5. The lowest BCUT2D eigenvalue weighted by atomic mass is 10.1. The molecule has 1 aromatic rings. The fraction of sp³-hybridized carbons (Fsp3) is 0.462. The van der Waals surface area contributed by atoms with E-state index in [1.54, 1.807) is 0 Å². The van der Waals surface area contributed by atoms with Crippen molar-refractivity contribution in [2.75, 3.05) is 7.11 Å². The van der Waals surface area contributed by atoms with Crippen LogP contribution in [0.3, 0.4) is 0 Å². The molecule has 0 N–H and O–H groups in total. The lowest BCUT2D eigenvalue weighted by Crippen LogP contribution is -2.18. The van der Waals surface area contributed by atoms with Crippen LogP contribution >= 0.6 is 15.9 Å². The highest BCUT2D eigenvalue weighted by molar-refractivity contribution is 9.10. The largest absolute Gasteiger partial charge is 0.573 e. The molecule has 0 spiro atoms. The molecule has 0 aliphatic carbocycles. The maximum atomic E-state index is 12.2. The summed E-state index contributed by atoms with van der Waals surface area (Å²) in [4.78, 5) is 11.7. The fourth-order valence-corrected chi connectivity index (χ4v) is 2.32. The maximum Gasteiger partial charge on any atom is 0.573 e. The molecule has 0 radical (unpaired) electrons. The third-order valence-corrected chi connectivity index (χ3v) is 3.37. The van der Waals surface area contributed by atoms with Crippen molar-refractivity contribution < 1.29 is 27.4 Å².